The molecule has 5 rings (SSSR count). The lowest BCUT2D eigenvalue weighted by molar-refractivity contribution is 0.0648. The van der Waals surface area contributed by atoms with Gasteiger partial charge in [0.15, 0.2) is 5.65 Å². The molecule has 8 nitrogen and oxygen atoms in total. The first-order valence-corrected chi connectivity index (χ1v) is 9.57. The maximum absolute atomic E-state index is 12.9. The molecule has 2 aromatic carbocycles. The molecule has 9 heteroatoms. The molecule has 0 bridgehead atoms. The molecule has 2 amide bonds. The Bertz CT molecular complexity index is 1360. The van der Waals surface area contributed by atoms with Gasteiger partial charge in [-0.05, 0) is 30.3 Å². The van der Waals surface area contributed by atoms with Gasteiger partial charge in [-0.15, -0.1) is 0 Å². The van der Waals surface area contributed by atoms with E-state index in [4.69, 9.17) is 11.6 Å². The van der Waals surface area contributed by atoms with Crippen LogP contribution in [-0.2, 0) is 6.54 Å². The third kappa shape index (κ3) is 2.81. The van der Waals surface area contributed by atoms with E-state index in [1.165, 1.54) is 21.8 Å². The fraction of sp³-hybridized carbons (Fsp3) is 0.0952. The van der Waals surface area contributed by atoms with Gasteiger partial charge in [0.05, 0.1) is 23.0 Å². The smallest absolute Gasteiger partial charge is 0.264 e. The highest BCUT2D eigenvalue weighted by Crippen LogP contribution is 2.22. The number of imide groups is 1. The minimum Gasteiger partial charge on any atom is -0.297 e. The first-order chi connectivity index (χ1) is 14.5. The van der Waals surface area contributed by atoms with Crippen LogP contribution in [0.25, 0.3) is 16.7 Å². The molecule has 0 atom stereocenters. The molecule has 30 heavy (non-hydrogen) atoms. The van der Waals surface area contributed by atoms with Crippen molar-refractivity contribution in [2.24, 2.45) is 0 Å². The van der Waals surface area contributed by atoms with Crippen molar-refractivity contribution in [3.8, 4) is 5.69 Å². The van der Waals surface area contributed by atoms with Crippen LogP contribution in [0.2, 0.25) is 5.02 Å². The molecule has 1 aliphatic rings. The second-order valence-electron chi connectivity index (χ2n) is 6.82. The number of benzene rings is 2. The van der Waals surface area contributed by atoms with Crippen LogP contribution in [0.15, 0.2) is 65.8 Å². The normalized spacial score (nSPS) is 13.3. The van der Waals surface area contributed by atoms with Crippen LogP contribution in [0.1, 0.15) is 20.7 Å². The summed E-state index contributed by atoms with van der Waals surface area (Å²) in [5.41, 5.74) is 1.55. The minimum absolute atomic E-state index is 0.0713. The van der Waals surface area contributed by atoms with E-state index in [9.17, 15) is 14.4 Å². The van der Waals surface area contributed by atoms with Gasteiger partial charge in [0.25, 0.3) is 17.4 Å². The van der Waals surface area contributed by atoms with E-state index in [1.807, 2.05) is 6.07 Å². The summed E-state index contributed by atoms with van der Waals surface area (Å²) in [5, 5.41) is 5.14. The molecular formula is C21H14ClN5O3. The molecule has 0 spiro atoms. The molecule has 0 fully saturated rings. The summed E-state index contributed by atoms with van der Waals surface area (Å²) >= 11 is 6.04. The van der Waals surface area contributed by atoms with Crippen LogP contribution in [0, 0.1) is 0 Å². The number of hydrogen-bond donors (Lipinski definition) is 0. The van der Waals surface area contributed by atoms with Gasteiger partial charge in [-0.2, -0.15) is 5.10 Å². The molecule has 4 aromatic rings. The van der Waals surface area contributed by atoms with E-state index >= 15 is 0 Å². The SMILES string of the molecule is O=C1c2ccccc2C(=O)N1CCn1cnc2c(cnn2-c2cccc(Cl)c2)c1=O. The van der Waals surface area contributed by atoms with Crippen molar-refractivity contribution in [2.75, 3.05) is 6.54 Å². The zero-order valence-corrected chi connectivity index (χ0v) is 16.3. The molecule has 0 saturated heterocycles. The predicted octanol–water partition coefficient (Wildman–Crippen LogP) is 2.53. The third-order valence-corrected chi connectivity index (χ3v) is 5.29. The van der Waals surface area contributed by atoms with E-state index in [2.05, 4.69) is 10.1 Å². The number of fused-ring (bicyclic) bond motifs is 2. The maximum atomic E-state index is 12.9. The van der Waals surface area contributed by atoms with Gasteiger partial charge in [-0.1, -0.05) is 29.8 Å². The summed E-state index contributed by atoms with van der Waals surface area (Å²) < 4.78 is 2.91. The van der Waals surface area contributed by atoms with Gasteiger partial charge in [0, 0.05) is 18.1 Å². The molecule has 0 unspecified atom stereocenters. The standard InChI is InChI=1S/C21H14ClN5O3/c22-13-4-3-5-14(10-13)27-18-17(11-24-27)19(28)25(12-23-18)8-9-26-20(29)15-6-1-2-7-16(15)21(26)30/h1-7,10-12H,8-9H2. The fourth-order valence-electron chi connectivity index (χ4n) is 3.55. The summed E-state index contributed by atoms with van der Waals surface area (Å²) in [6, 6.07) is 13.8. The molecule has 0 radical (unpaired) electrons. The van der Waals surface area contributed by atoms with Crippen molar-refractivity contribution in [3.05, 3.63) is 87.6 Å². The van der Waals surface area contributed by atoms with Crippen molar-refractivity contribution in [2.45, 2.75) is 6.54 Å². The van der Waals surface area contributed by atoms with E-state index < -0.39 is 0 Å². The van der Waals surface area contributed by atoms with Gasteiger partial charge in [-0.25, -0.2) is 9.67 Å². The van der Waals surface area contributed by atoms with Gasteiger partial charge in [0.2, 0.25) is 0 Å². The Hall–Kier alpha value is -3.78. The molecule has 0 saturated carbocycles. The molecule has 0 N–H and O–H groups in total. The summed E-state index contributed by atoms with van der Waals surface area (Å²) in [7, 11) is 0. The second-order valence-corrected chi connectivity index (χ2v) is 7.26. The number of halogens is 1. The number of rotatable bonds is 4. The largest absolute Gasteiger partial charge is 0.297 e. The lowest BCUT2D eigenvalue weighted by Gasteiger charge is -2.14. The van der Waals surface area contributed by atoms with Crippen molar-refractivity contribution in [1.82, 2.24) is 24.2 Å². The van der Waals surface area contributed by atoms with Crippen LogP contribution in [0.5, 0.6) is 0 Å². The fourth-order valence-corrected chi connectivity index (χ4v) is 3.74. The second kappa shape index (κ2) is 6.93. The van der Waals surface area contributed by atoms with Gasteiger partial charge < -0.3 is 0 Å². The number of carbonyl (C=O) groups is 2. The molecule has 148 valence electrons. The number of amides is 2. The minimum atomic E-state index is -0.355. The van der Waals surface area contributed by atoms with Crippen molar-refractivity contribution < 1.29 is 9.59 Å². The zero-order chi connectivity index (χ0) is 20.8. The van der Waals surface area contributed by atoms with E-state index in [0.29, 0.717) is 32.9 Å². The average Bonchev–Trinajstić information content (AvgIpc) is 3.29. The van der Waals surface area contributed by atoms with Crippen LogP contribution in [0.3, 0.4) is 0 Å². The number of aromatic nitrogens is 4. The zero-order valence-electron chi connectivity index (χ0n) is 15.5. The Morgan fingerprint density at radius 3 is 2.33 bits per heavy atom. The molecule has 1 aliphatic heterocycles. The van der Waals surface area contributed by atoms with E-state index in [0.717, 1.165) is 4.90 Å². The molecular weight excluding hydrogens is 406 g/mol. The first kappa shape index (κ1) is 18.3. The molecule has 2 aromatic heterocycles. The topological polar surface area (TPSA) is 90.1 Å². The third-order valence-electron chi connectivity index (χ3n) is 5.05. The summed E-state index contributed by atoms with van der Waals surface area (Å²) in [5.74, 6) is -0.710. The summed E-state index contributed by atoms with van der Waals surface area (Å²) in [6.07, 6.45) is 2.84. The lowest BCUT2D eigenvalue weighted by Crippen LogP contribution is -2.35. The predicted molar refractivity (Wildman–Crippen MR) is 110 cm³/mol. The average molecular weight is 420 g/mol. The van der Waals surface area contributed by atoms with Crippen molar-refractivity contribution >= 4 is 34.4 Å². The summed E-state index contributed by atoms with van der Waals surface area (Å²) in [4.78, 5) is 43.4. The van der Waals surface area contributed by atoms with Crippen molar-refractivity contribution in [3.63, 3.8) is 0 Å². The molecule has 0 aliphatic carbocycles. The maximum Gasteiger partial charge on any atom is 0.264 e. The van der Waals surface area contributed by atoms with E-state index in [-0.39, 0.29) is 30.5 Å². The van der Waals surface area contributed by atoms with Gasteiger partial charge in [0.1, 0.15) is 11.7 Å². The Labute approximate surface area is 174 Å². The van der Waals surface area contributed by atoms with Gasteiger partial charge in [-0.3, -0.25) is 23.9 Å². The Kier molecular flexibility index (Phi) is 4.22. The quantitative estimate of drug-likeness (QED) is 0.474. The van der Waals surface area contributed by atoms with Crippen LogP contribution in [0.4, 0.5) is 0 Å². The Balaban J connectivity index is 1.43. The highest BCUT2D eigenvalue weighted by atomic mass is 35.5. The van der Waals surface area contributed by atoms with Crippen molar-refractivity contribution in [1.29, 1.82) is 0 Å². The monoisotopic (exact) mass is 419 g/mol. The first-order valence-electron chi connectivity index (χ1n) is 9.19. The van der Waals surface area contributed by atoms with E-state index in [1.54, 1.807) is 42.5 Å². The highest BCUT2D eigenvalue weighted by molar-refractivity contribution is 6.30. The van der Waals surface area contributed by atoms with Crippen LogP contribution in [-0.4, -0.2) is 42.6 Å². The van der Waals surface area contributed by atoms with Gasteiger partial charge >= 0.3 is 0 Å². The number of nitrogens with zero attached hydrogens (tertiary/aromatic N) is 5. The Morgan fingerprint density at radius 2 is 1.63 bits per heavy atom. The van der Waals surface area contributed by atoms with Crippen LogP contribution >= 0.6 is 11.6 Å². The number of carbonyl (C=O) groups excluding carboxylic acids is 2. The molecule has 3 heterocycles. The number of hydrogen-bond acceptors (Lipinski definition) is 5. The highest BCUT2D eigenvalue weighted by Gasteiger charge is 2.34. The Morgan fingerprint density at radius 1 is 0.900 bits per heavy atom. The van der Waals surface area contributed by atoms with Crippen LogP contribution < -0.4 is 5.56 Å². The lowest BCUT2D eigenvalue weighted by atomic mass is 10.1. The summed E-state index contributed by atoms with van der Waals surface area (Å²) in [6.45, 7) is 0.206.